The summed E-state index contributed by atoms with van der Waals surface area (Å²) in [6.45, 7) is 7.11. The lowest BCUT2D eigenvalue weighted by molar-refractivity contribution is 0.513. The van der Waals surface area contributed by atoms with Gasteiger partial charge in [0.15, 0.2) is 0 Å². The zero-order valence-corrected chi connectivity index (χ0v) is 12.4. The maximum absolute atomic E-state index is 5.74. The summed E-state index contributed by atoms with van der Waals surface area (Å²) in [6.07, 6.45) is 3.56. The number of rotatable bonds is 6. The van der Waals surface area contributed by atoms with E-state index in [9.17, 15) is 0 Å². The molecule has 0 aromatic carbocycles. The third-order valence-electron chi connectivity index (χ3n) is 3.61. The molecule has 2 rings (SSSR count). The van der Waals surface area contributed by atoms with Gasteiger partial charge in [0.2, 0.25) is 0 Å². The number of pyridine rings is 1. The Morgan fingerprint density at radius 1 is 1.40 bits per heavy atom. The van der Waals surface area contributed by atoms with Gasteiger partial charge in [-0.05, 0) is 38.0 Å². The Bertz CT molecular complexity index is 561. The molecule has 0 saturated heterocycles. The van der Waals surface area contributed by atoms with Crippen LogP contribution in [0.15, 0.2) is 24.4 Å². The van der Waals surface area contributed by atoms with Gasteiger partial charge >= 0.3 is 0 Å². The summed E-state index contributed by atoms with van der Waals surface area (Å²) in [4.78, 5) is 4.34. The highest BCUT2D eigenvalue weighted by Crippen LogP contribution is 2.20. The molecule has 0 aliphatic rings. The molecule has 0 bridgehead atoms. The summed E-state index contributed by atoms with van der Waals surface area (Å²) in [5, 5.41) is 4.58. The fourth-order valence-electron chi connectivity index (χ4n) is 2.46. The van der Waals surface area contributed by atoms with Gasteiger partial charge in [0.25, 0.3) is 0 Å². The van der Waals surface area contributed by atoms with Crippen LogP contribution in [0.1, 0.15) is 42.5 Å². The number of hydrogen-bond acceptors (Lipinski definition) is 4. The van der Waals surface area contributed by atoms with Gasteiger partial charge in [-0.3, -0.25) is 20.9 Å². The van der Waals surface area contributed by atoms with E-state index >= 15 is 0 Å². The molecule has 3 N–H and O–H groups in total. The quantitative estimate of drug-likeness (QED) is 0.623. The van der Waals surface area contributed by atoms with Crippen LogP contribution in [0.3, 0.4) is 0 Å². The molecule has 5 nitrogen and oxygen atoms in total. The van der Waals surface area contributed by atoms with Crippen LogP contribution in [0.4, 0.5) is 0 Å². The Hall–Kier alpha value is -1.72. The van der Waals surface area contributed by atoms with Crippen molar-refractivity contribution in [1.82, 2.24) is 20.2 Å². The second-order valence-corrected chi connectivity index (χ2v) is 4.90. The van der Waals surface area contributed by atoms with Gasteiger partial charge in [0, 0.05) is 30.6 Å². The van der Waals surface area contributed by atoms with E-state index < -0.39 is 0 Å². The predicted molar refractivity (Wildman–Crippen MR) is 80.0 cm³/mol. The van der Waals surface area contributed by atoms with E-state index in [1.165, 1.54) is 5.69 Å². The van der Waals surface area contributed by atoms with Crippen molar-refractivity contribution in [2.24, 2.45) is 5.84 Å². The first kappa shape index (κ1) is 14.7. The highest BCUT2D eigenvalue weighted by molar-refractivity contribution is 5.24. The minimum Gasteiger partial charge on any atom is -0.271 e. The monoisotopic (exact) mass is 273 g/mol. The summed E-state index contributed by atoms with van der Waals surface area (Å²) in [6, 6.07) is 6.23. The molecule has 0 amide bonds. The molecule has 0 saturated carbocycles. The van der Waals surface area contributed by atoms with Crippen molar-refractivity contribution in [1.29, 1.82) is 0 Å². The summed E-state index contributed by atoms with van der Waals surface area (Å²) < 4.78 is 2.05. The molecule has 0 spiro atoms. The minimum absolute atomic E-state index is 0.0513. The van der Waals surface area contributed by atoms with Crippen molar-refractivity contribution in [2.75, 3.05) is 0 Å². The summed E-state index contributed by atoms with van der Waals surface area (Å²) in [5.41, 5.74) is 7.38. The minimum atomic E-state index is 0.0513. The van der Waals surface area contributed by atoms with E-state index in [2.05, 4.69) is 46.2 Å². The standard InChI is InChI=1S/C15H23N5/c1-4-12-9-13(20(5-2)19-12)10-15(18-16)14-7-6-8-17-11(14)3/h6-9,15,18H,4-5,10,16H2,1-3H3. The SMILES string of the molecule is CCc1cc(CC(NN)c2cccnc2C)n(CC)n1. The Kier molecular flexibility index (Phi) is 4.87. The summed E-state index contributed by atoms with van der Waals surface area (Å²) in [5.74, 6) is 5.74. The predicted octanol–water partition coefficient (Wildman–Crippen LogP) is 1.92. The van der Waals surface area contributed by atoms with E-state index in [0.717, 1.165) is 36.3 Å². The van der Waals surface area contributed by atoms with Gasteiger partial charge < -0.3 is 0 Å². The maximum Gasteiger partial charge on any atom is 0.0624 e. The second kappa shape index (κ2) is 6.63. The van der Waals surface area contributed by atoms with Crippen molar-refractivity contribution in [2.45, 2.75) is 46.2 Å². The van der Waals surface area contributed by atoms with Gasteiger partial charge in [-0.15, -0.1) is 0 Å². The van der Waals surface area contributed by atoms with E-state index in [1.807, 2.05) is 13.0 Å². The molecule has 2 heterocycles. The molecular weight excluding hydrogens is 250 g/mol. The van der Waals surface area contributed by atoms with Gasteiger partial charge in [-0.2, -0.15) is 5.10 Å². The Morgan fingerprint density at radius 2 is 2.20 bits per heavy atom. The van der Waals surface area contributed by atoms with E-state index in [1.54, 1.807) is 6.20 Å². The fraction of sp³-hybridized carbons (Fsp3) is 0.467. The maximum atomic E-state index is 5.74. The van der Waals surface area contributed by atoms with Crippen molar-refractivity contribution in [3.8, 4) is 0 Å². The smallest absolute Gasteiger partial charge is 0.0624 e. The zero-order valence-electron chi connectivity index (χ0n) is 12.4. The van der Waals surface area contributed by atoms with Crippen LogP contribution in [-0.2, 0) is 19.4 Å². The number of hydrazine groups is 1. The van der Waals surface area contributed by atoms with E-state index in [0.29, 0.717) is 0 Å². The van der Waals surface area contributed by atoms with Crippen LogP contribution in [0.5, 0.6) is 0 Å². The van der Waals surface area contributed by atoms with Crippen molar-refractivity contribution in [3.63, 3.8) is 0 Å². The number of nitrogens with zero attached hydrogens (tertiary/aromatic N) is 3. The Labute approximate surface area is 120 Å². The number of nitrogens with one attached hydrogen (secondary N) is 1. The van der Waals surface area contributed by atoms with Crippen LogP contribution < -0.4 is 11.3 Å². The molecule has 1 unspecified atom stereocenters. The van der Waals surface area contributed by atoms with Crippen molar-refractivity contribution in [3.05, 3.63) is 47.0 Å². The molecular formula is C15H23N5. The molecule has 1 atom stereocenters. The highest BCUT2D eigenvalue weighted by atomic mass is 15.3. The second-order valence-electron chi connectivity index (χ2n) is 4.90. The molecule has 108 valence electrons. The van der Waals surface area contributed by atoms with Crippen LogP contribution in [0.2, 0.25) is 0 Å². The molecule has 0 aliphatic heterocycles. The molecule has 0 aliphatic carbocycles. The number of aromatic nitrogens is 3. The van der Waals surface area contributed by atoms with Gasteiger partial charge in [0.1, 0.15) is 0 Å². The van der Waals surface area contributed by atoms with Crippen LogP contribution in [-0.4, -0.2) is 14.8 Å². The van der Waals surface area contributed by atoms with Gasteiger partial charge in [-0.1, -0.05) is 13.0 Å². The molecule has 0 radical (unpaired) electrons. The third kappa shape index (κ3) is 3.05. The topological polar surface area (TPSA) is 68.8 Å². The number of hydrogen-bond donors (Lipinski definition) is 2. The highest BCUT2D eigenvalue weighted by Gasteiger charge is 2.16. The van der Waals surface area contributed by atoms with Crippen molar-refractivity contribution >= 4 is 0 Å². The lowest BCUT2D eigenvalue weighted by Crippen LogP contribution is -2.31. The Balaban J connectivity index is 2.26. The van der Waals surface area contributed by atoms with E-state index in [4.69, 9.17) is 5.84 Å². The Morgan fingerprint density at radius 3 is 2.80 bits per heavy atom. The largest absolute Gasteiger partial charge is 0.271 e. The lowest BCUT2D eigenvalue weighted by atomic mass is 10.0. The zero-order chi connectivity index (χ0) is 14.5. The van der Waals surface area contributed by atoms with Crippen molar-refractivity contribution < 1.29 is 0 Å². The normalized spacial score (nSPS) is 12.6. The number of aryl methyl sites for hydroxylation is 3. The molecule has 2 aromatic rings. The first-order valence-corrected chi connectivity index (χ1v) is 7.12. The molecule has 20 heavy (non-hydrogen) atoms. The third-order valence-corrected chi connectivity index (χ3v) is 3.61. The summed E-state index contributed by atoms with van der Waals surface area (Å²) in [7, 11) is 0. The van der Waals surface area contributed by atoms with Gasteiger partial charge in [0.05, 0.1) is 11.7 Å². The van der Waals surface area contributed by atoms with Crippen LogP contribution >= 0.6 is 0 Å². The molecule has 2 aromatic heterocycles. The van der Waals surface area contributed by atoms with E-state index in [-0.39, 0.29) is 6.04 Å². The first-order chi connectivity index (χ1) is 9.69. The molecule has 0 fully saturated rings. The first-order valence-electron chi connectivity index (χ1n) is 7.12. The fourth-order valence-corrected chi connectivity index (χ4v) is 2.46. The molecule has 5 heteroatoms. The van der Waals surface area contributed by atoms with Crippen LogP contribution in [0.25, 0.3) is 0 Å². The van der Waals surface area contributed by atoms with Crippen LogP contribution in [0, 0.1) is 6.92 Å². The lowest BCUT2D eigenvalue weighted by Gasteiger charge is -2.18. The number of nitrogens with two attached hydrogens (primary N) is 1. The van der Waals surface area contributed by atoms with Gasteiger partial charge in [-0.25, -0.2) is 0 Å². The summed E-state index contributed by atoms with van der Waals surface area (Å²) >= 11 is 0. The average Bonchev–Trinajstić information content (AvgIpc) is 2.88. The average molecular weight is 273 g/mol.